The molecule has 2 aliphatic rings. The number of morpholine rings is 1. The Morgan fingerprint density at radius 3 is 1.65 bits per heavy atom. The summed E-state index contributed by atoms with van der Waals surface area (Å²) in [5.41, 5.74) is -1.48. The number of carbonyl (C=O) groups is 2. The van der Waals surface area contributed by atoms with Gasteiger partial charge in [0.1, 0.15) is 11.5 Å². The van der Waals surface area contributed by atoms with Crippen molar-refractivity contribution in [3.8, 4) is 0 Å². The van der Waals surface area contributed by atoms with E-state index in [2.05, 4.69) is 31.2 Å². The van der Waals surface area contributed by atoms with Gasteiger partial charge in [0.2, 0.25) is 11.8 Å². The number of amides is 2. The molecule has 0 spiro atoms. The summed E-state index contributed by atoms with van der Waals surface area (Å²) in [6, 6.07) is 4.01. The molecule has 3 heterocycles. The van der Waals surface area contributed by atoms with Crippen LogP contribution < -0.4 is 16.0 Å². The van der Waals surface area contributed by atoms with Gasteiger partial charge in [-0.1, -0.05) is 71.1 Å². The van der Waals surface area contributed by atoms with Crippen LogP contribution in [-0.2, 0) is 25.2 Å². The number of nitrogens with zero attached hydrogens (tertiary/aromatic N) is 3. The van der Waals surface area contributed by atoms with E-state index in [9.17, 15) is 9.59 Å². The van der Waals surface area contributed by atoms with Crippen LogP contribution in [-0.4, -0.2) is 70.5 Å². The Kier molecular flexibility index (Phi) is 11.2. The fourth-order valence-electron chi connectivity index (χ4n) is 5.01. The third-order valence-electron chi connectivity index (χ3n) is 8.08. The Balaban J connectivity index is 0.000000236. The van der Waals surface area contributed by atoms with Crippen LogP contribution in [0.25, 0.3) is 0 Å². The molecule has 1 aliphatic carbocycles. The highest BCUT2D eigenvalue weighted by atomic mass is 16.5. The Morgan fingerprint density at radius 2 is 1.21 bits per heavy atom. The SMILES string of the molecule is CC(C)(C)c1cc(NC(=O)C(C)(C)N2CCOCC2)no1.CC(C)(NC1CCCCC1)C(=O)Nc1cc(C(C)(C)C)on1. The molecule has 1 saturated carbocycles. The van der Waals surface area contributed by atoms with Gasteiger partial charge in [0.25, 0.3) is 0 Å². The second-order valence-electron chi connectivity index (χ2n) is 14.8. The molecular weight excluding hydrogens is 548 g/mol. The maximum absolute atomic E-state index is 12.5. The average molecular weight is 603 g/mol. The largest absolute Gasteiger partial charge is 0.379 e. The van der Waals surface area contributed by atoms with Crippen molar-refractivity contribution >= 4 is 23.5 Å². The van der Waals surface area contributed by atoms with Crippen LogP contribution in [0.3, 0.4) is 0 Å². The lowest BCUT2D eigenvalue weighted by molar-refractivity contribution is -0.129. The van der Waals surface area contributed by atoms with Gasteiger partial charge in [0.05, 0.1) is 24.3 Å². The molecule has 2 aromatic rings. The maximum atomic E-state index is 12.5. The Labute approximate surface area is 257 Å². The summed E-state index contributed by atoms with van der Waals surface area (Å²) in [7, 11) is 0. The summed E-state index contributed by atoms with van der Waals surface area (Å²) < 4.78 is 15.9. The quantitative estimate of drug-likeness (QED) is 0.368. The minimum Gasteiger partial charge on any atom is -0.379 e. The zero-order valence-corrected chi connectivity index (χ0v) is 28.0. The van der Waals surface area contributed by atoms with Crippen LogP contribution >= 0.6 is 0 Å². The third kappa shape index (κ3) is 9.87. The molecule has 4 rings (SSSR count). The van der Waals surface area contributed by atoms with Crippen LogP contribution in [0.4, 0.5) is 11.6 Å². The lowest BCUT2D eigenvalue weighted by Gasteiger charge is -2.39. The van der Waals surface area contributed by atoms with Crippen molar-refractivity contribution in [2.24, 2.45) is 0 Å². The maximum Gasteiger partial charge on any atom is 0.245 e. The van der Waals surface area contributed by atoms with Crippen LogP contribution in [0.5, 0.6) is 0 Å². The zero-order valence-electron chi connectivity index (χ0n) is 28.0. The topological polar surface area (TPSA) is 135 Å². The summed E-state index contributed by atoms with van der Waals surface area (Å²) in [4.78, 5) is 27.2. The Bertz CT molecular complexity index is 1190. The molecule has 11 heteroatoms. The van der Waals surface area contributed by atoms with Gasteiger partial charge >= 0.3 is 0 Å². The minimum atomic E-state index is -0.622. The molecule has 0 atom stereocenters. The van der Waals surface area contributed by atoms with E-state index < -0.39 is 11.1 Å². The number of nitrogens with one attached hydrogen (secondary N) is 3. The molecule has 0 radical (unpaired) electrons. The monoisotopic (exact) mass is 602 g/mol. The van der Waals surface area contributed by atoms with E-state index in [1.807, 2.05) is 69.2 Å². The standard InChI is InChI=1S/C17H29N3O2.C15H25N3O3/c1-16(2,3)13-11-14(20-22-13)18-15(21)17(4,5)19-12-9-7-6-8-10-12;1-14(2,3)11-10-12(17-21-11)16-13(19)15(4,5)18-6-8-20-9-7-18/h11-12,19H,6-10H2,1-5H3,(H,18,20,21);10H,6-9H2,1-5H3,(H,16,17,19). The van der Waals surface area contributed by atoms with E-state index in [1.54, 1.807) is 12.1 Å². The number of hydrogen-bond acceptors (Lipinski definition) is 9. The summed E-state index contributed by atoms with van der Waals surface area (Å²) in [5, 5.41) is 17.1. The minimum absolute atomic E-state index is 0.0770. The van der Waals surface area contributed by atoms with Crippen molar-refractivity contribution in [1.29, 1.82) is 0 Å². The molecule has 1 saturated heterocycles. The molecule has 43 heavy (non-hydrogen) atoms. The van der Waals surface area contributed by atoms with Gasteiger partial charge in [-0.25, -0.2) is 0 Å². The predicted octanol–water partition coefficient (Wildman–Crippen LogP) is 5.63. The first-order valence-corrected chi connectivity index (χ1v) is 15.6. The first-order valence-electron chi connectivity index (χ1n) is 15.6. The Morgan fingerprint density at radius 1 is 0.744 bits per heavy atom. The van der Waals surface area contributed by atoms with Gasteiger partial charge in [-0.3, -0.25) is 14.5 Å². The fraction of sp³-hybridized carbons (Fsp3) is 0.750. The van der Waals surface area contributed by atoms with Crippen LogP contribution in [0.15, 0.2) is 21.2 Å². The molecule has 2 fully saturated rings. The molecule has 0 unspecified atom stereocenters. The van der Waals surface area contributed by atoms with E-state index in [4.69, 9.17) is 13.8 Å². The number of ether oxygens (including phenoxy) is 1. The molecule has 11 nitrogen and oxygen atoms in total. The molecule has 0 bridgehead atoms. The summed E-state index contributed by atoms with van der Waals surface area (Å²) in [5.74, 6) is 2.30. The number of rotatable bonds is 7. The lowest BCUT2D eigenvalue weighted by atomic mass is 9.92. The van der Waals surface area contributed by atoms with Gasteiger partial charge < -0.3 is 29.7 Å². The lowest BCUT2D eigenvalue weighted by Crippen LogP contribution is -2.56. The van der Waals surface area contributed by atoms with Gasteiger partial charge in [-0.05, 0) is 40.5 Å². The Hall–Kier alpha value is -2.76. The molecular formula is C32H54N6O5. The molecule has 2 aromatic heterocycles. The molecule has 3 N–H and O–H groups in total. The van der Waals surface area contributed by atoms with Crippen molar-refractivity contribution in [2.75, 3.05) is 36.9 Å². The van der Waals surface area contributed by atoms with Gasteiger partial charge in [-0.15, -0.1) is 0 Å². The average Bonchev–Trinajstić information content (AvgIpc) is 3.60. The van der Waals surface area contributed by atoms with E-state index in [-0.39, 0.29) is 22.6 Å². The van der Waals surface area contributed by atoms with Gasteiger partial charge in [0.15, 0.2) is 11.6 Å². The van der Waals surface area contributed by atoms with Crippen molar-refractivity contribution < 1.29 is 23.4 Å². The first-order chi connectivity index (χ1) is 19.9. The first kappa shape index (κ1) is 34.7. The smallest absolute Gasteiger partial charge is 0.245 e. The van der Waals surface area contributed by atoms with Crippen molar-refractivity contribution in [2.45, 2.75) is 129 Å². The number of anilines is 2. The number of hydrogen-bond donors (Lipinski definition) is 3. The summed E-state index contributed by atoms with van der Waals surface area (Å²) in [6.45, 7) is 22.8. The van der Waals surface area contributed by atoms with E-state index in [0.717, 1.165) is 37.5 Å². The zero-order chi connectivity index (χ0) is 32.1. The predicted molar refractivity (Wildman–Crippen MR) is 168 cm³/mol. The molecule has 242 valence electrons. The van der Waals surface area contributed by atoms with E-state index >= 15 is 0 Å². The summed E-state index contributed by atoms with van der Waals surface area (Å²) in [6.07, 6.45) is 6.09. The number of aromatic nitrogens is 2. The molecule has 2 amide bonds. The van der Waals surface area contributed by atoms with Crippen LogP contribution in [0.1, 0.15) is 113 Å². The molecule has 0 aromatic carbocycles. The highest BCUT2D eigenvalue weighted by Gasteiger charge is 2.36. The summed E-state index contributed by atoms with van der Waals surface area (Å²) >= 11 is 0. The third-order valence-corrected chi connectivity index (χ3v) is 8.08. The van der Waals surface area contributed by atoms with Crippen LogP contribution in [0, 0.1) is 0 Å². The second-order valence-corrected chi connectivity index (χ2v) is 14.8. The highest BCUT2D eigenvalue weighted by molar-refractivity contribution is 5.97. The highest BCUT2D eigenvalue weighted by Crippen LogP contribution is 2.27. The van der Waals surface area contributed by atoms with Crippen molar-refractivity contribution in [3.63, 3.8) is 0 Å². The molecule has 1 aliphatic heterocycles. The van der Waals surface area contributed by atoms with Crippen molar-refractivity contribution in [1.82, 2.24) is 20.5 Å². The van der Waals surface area contributed by atoms with Gasteiger partial charge in [0, 0.05) is 42.1 Å². The van der Waals surface area contributed by atoms with Crippen LogP contribution in [0.2, 0.25) is 0 Å². The second kappa shape index (κ2) is 13.9. The van der Waals surface area contributed by atoms with Gasteiger partial charge in [-0.2, -0.15) is 0 Å². The number of carbonyl (C=O) groups excluding carboxylic acids is 2. The van der Waals surface area contributed by atoms with E-state index in [1.165, 1.54) is 19.3 Å². The normalized spacial score (nSPS) is 17.6. The fourth-order valence-corrected chi connectivity index (χ4v) is 5.01. The van der Waals surface area contributed by atoms with E-state index in [0.29, 0.717) is 30.9 Å². The van der Waals surface area contributed by atoms with Crippen molar-refractivity contribution in [3.05, 3.63) is 23.7 Å².